The highest BCUT2D eigenvalue weighted by Gasteiger charge is 2.62. The number of hydrogen-bond donors (Lipinski definition) is 3. The Balaban J connectivity index is 1.20. The summed E-state index contributed by atoms with van der Waals surface area (Å²) < 4.78 is 40.1. The van der Waals surface area contributed by atoms with Crippen LogP contribution in [0, 0.1) is 5.92 Å². The van der Waals surface area contributed by atoms with Crippen LogP contribution in [0.2, 0.25) is 0 Å². The van der Waals surface area contributed by atoms with Crippen molar-refractivity contribution in [2.45, 2.75) is 139 Å². The molecule has 5 aliphatic rings. The van der Waals surface area contributed by atoms with Crippen molar-refractivity contribution in [3.05, 3.63) is 47.7 Å². The van der Waals surface area contributed by atoms with Crippen LogP contribution in [-0.2, 0) is 42.0 Å². The van der Waals surface area contributed by atoms with E-state index in [0.29, 0.717) is 38.0 Å². The summed E-state index contributed by atoms with van der Waals surface area (Å²) in [5.74, 6) is -1.78. The Morgan fingerprint density at radius 1 is 1.00 bits per heavy atom. The second-order valence-corrected chi connectivity index (χ2v) is 18.2. The largest absolute Gasteiger partial charge is 0.472 e. The monoisotopic (exact) mass is 749 g/mol. The lowest BCUT2D eigenvalue weighted by atomic mass is 9.92. The van der Waals surface area contributed by atoms with E-state index < -0.39 is 74.3 Å². The number of fused-ring (bicyclic) bond motifs is 5. The normalized spacial score (nSPS) is 28.6. The number of carbonyl (C=O) groups excluding carboxylic acids is 4. The predicted molar refractivity (Wildman–Crippen MR) is 197 cm³/mol. The van der Waals surface area contributed by atoms with Crippen LogP contribution in [-0.4, -0.2) is 83.2 Å². The molecule has 2 aliphatic heterocycles. The van der Waals surface area contributed by atoms with E-state index in [1.54, 1.807) is 20.8 Å². The number of nitrogens with one attached hydrogen (secondary N) is 3. The lowest BCUT2D eigenvalue weighted by Gasteiger charge is -2.30. The molecule has 1 aromatic heterocycles. The van der Waals surface area contributed by atoms with E-state index in [-0.39, 0.29) is 19.4 Å². The molecule has 5 atom stereocenters. The van der Waals surface area contributed by atoms with Gasteiger partial charge in [-0.3, -0.25) is 19.1 Å². The Morgan fingerprint density at radius 2 is 1.75 bits per heavy atom. The van der Waals surface area contributed by atoms with Gasteiger partial charge in [0.2, 0.25) is 27.7 Å². The van der Waals surface area contributed by atoms with Gasteiger partial charge in [0.1, 0.15) is 29.3 Å². The third kappa shape index (κ3) is 8.17. The first-order chi connectivity index (χ1) is 25.2. The minimum atomic E-state index is -3.88. The van der Waals surface area contributed by atoms with Gasteiger partial charge in [0.15, 0.2) is 0 Å². The first kappa shape index (κ1) is 37.1. The van der Waals surface area contributed by atoms with E-state index in [9.17, 15) is 27.6 Å². The highest BCUT2D eigenvalue weighted by atomic mass is 32.2. The Bertz CT molecular complexity index is 1920. The van der Waals surface area contributed by atoms with Gasteiger partial charge in [-0.15, -0.1) is 0 Å². The molecule has 1 aromatic carbocycles. The van der Waals surface area contributed by atoms with E-state index in [1.165, 1.54) is 10.5 Å². The van der Waals surface area contributed by atoms with Gasteiger partial charge in [0, 0.05) is 23.4 Å². The van der Waals surface area contributed by atoms with Gasteiger partial charge in [-0.25, -0.2) is 18.2 Å². The molecule has 3 N–H and O–H groups in total. The van der Waals surface area contributed by atoms with Crippen molar-refractivity contribution in [2.75, 3.05) is 6.54 Å². The van der Waals surface area contributed by atoms with Gasteiger partial charge in [-0.2, -0.15) is 0 Å². The number of carbonyl (C=O) groups is 4. The summed E-state index contributed by atoms with van der Waals surface area (Å²) >= 11 is 0. The lowest BCUT2D eigenvalue weighted by Crippen LogP contribution is -2.58. The molecular formula is C39H51N5O8S. The first-order valence-electron chi connectivity index (χ1n) is 19.2. The van der Waals surface area contributed by atoms with E-state index >= 15 is 0 Å². The Labute approximate surface area is 311 Å². The molecule has 3 fully saturated rings. The fourth-order valence-corrected chi connectivity index (χ4v) is 9.33. The number of allylic oxidation sites excluding steroid dienone is 1. The number of aryl methyl sites for hydroxylation is 2. The van der Waals surface area contributed by atoms with Crippen molar-refractivity contribution < 1.29 is 37.1 Å². The molecular weight excluding hydrogens is 699 g/mol. The van der Waals surface area contributed by atoms with Gasteiger partial charge < -0.3 is 25.0 Å². The summed E-state index contributed by atoms with van der Waals surface area (Å²) in [6.07, 6.45) is 11.0. The van der Waals surface area contributed by atoms with Crippen molar-refractivity contribution in [1.29, 1.82) is 0 Å². The van der Waals surface area contributed by atoms with Crippen molar-refractivity contribution in [3.8, 4) is 5.88 Å². The van der Waals surface area contributed by atoms with Crippen molar-refractivity contribution in [2.24, 2.45) is 5.92 Å². The number of alkyl carbamates (subject to hydrolysis) is 1. The van der Waals surface area contributed by atoms with Gasteiger partial charge in [-0.05, 0) is 102 Å². The van der Waals surface area contributed by atoms with Crippen LogP contribution < -0.4 is 20.1 Å². The zero-order valence-electron chi connectivity index (χ0n) is 30.8. The highest BCUT2D eigenvalue weighted by molar-refractivity contribution is 7.91. The van der Waals surface area contributed by atoms with Crippen molar-refractivity contribution >= 4 is 44.6 Å². The maximum Gasteiger partial charge on any atom is 0.408 e. The van der Waals surface area contributed by atoms with Gasteiger partial charge >= 0.3 is 6.09 Å². The average molecular weight is 750 g/mol. The number of aromatic nitrogens is 1. The van der Waals surface area contributed by atoms with E-state index in [1.807, 2.05) is 30.4 Å². The Hall–Kier alpha value is -4.20. The van der Waals surface area contributed by atoms with Crippen LogP contribution in [0.1, 0.15) is 103 Å². The summed E-state index contributed by atoms with van der Waals surface area (Å²) in [6, 6.07) is 5.93. The molecule has 286 valence electrons. The SMILES string of the molecule is CC(C)(C)OC(=O)N[C@H]1CCCCC/C=C\C2C[C@@]2(C(=O)NS(=O)(=O)C2CC2)NC(=O)[C@@H]2C[C@@H](Oc3nc4c(c5ccccc35)CCCC4)CN2C1=O. The number of benzene rings is 1. The summed E-state index contributed by atoms with van der Waals surface area (Å²) in [5.41, 5.74) is -0.0468. The maximum atomic E-state index is 14.5. The smallest absolute Gasteiger partial charge is 0.408 e. The van der Waals surface area contributed by atoms with E-state index in [2.05, 4.69) is 21.4 Å². The molecule has 3 heterocycles. The summed E-state index contributed by atoms with van der Waals surface area (Å²) in [6.45, 7) is 5.26. The number of ether oxygens (including phenoxy) is 2. The van der Waals surface area contributed by atoms with Gasteiger partial charge in [-0.1, -0.05) is 43.2 Å². The van der Waals surface area contributed by atoms with Crippen molar-refractivity contribution in [1.82, 2.24) is 25.2 Å². The molecule has 14 heteroatoms. The van der Waals surface area contributed by atoms with Crippen LogP contribution in [0.3, 0.4) is 0 Å². The van der Waals surface area contributed by atoms with E-state index in [0.717, 1.165) is 55.0 Å². The lowest BCUT2D eigenvalue weighted by molar-refractivity contribution is -0.141. The number of hydrogen-bond acceptors (Lipinski definition) is 9. The van der Waals surface area contributed by atoms with Crippen LogP contribution >= 0.6 is 0 Å². The minimum Gasteiger partial charge on any atom is -0.472 e. The van der Waals surface area contributed by atoms with Gasteiger partial charge in [0.05, 0.1) is 11.8 Å². The standard InChI is InChI=1S/C39H51N5O8S/c1-38(2,3)52-37(48)41-31-18-8-6-4-5-7-13-24-22-39(24,36(47)43-53(49,50)26-19-20-26)42-33(45)32-21-25(23-44(32)35(31)46)51-34-29-16-10-9-14-27(29)28-15-11-12-17-30(28)40-34/h7,9-10,13-14,16,24-26,31-32H,4-6,8,11-12,15,17-23H2,1-3H3,(H,41,48)(H,42,45)(H,43,47)/b13-7-/t24?,25-,31+,32+,39-/m1/s1. The molecule has 1 saturated heterocycles. The number of nitrogens with zero attached hydrogens (tertiary/aromatic N) is 2. The molecule has 1 unspecified atom stereocenters. The number of pyridine rings is 1. The molecule has 2 aromatic rings. The van der Waals surface area contributed by atoms with Crippen molar-refractivity contribution in [3.63, 3.8) is 0 Å². The molecule has 13 nitrogen and oxygen atoms in total. The molecule has 0 spiro atoms. The molecule has 7 rings (SSSR count). The number of amides is 4. The molecule has 3 aliphatic carbocycles. The summed E-state index contributed by atoms with van der Waals surface area (Å²) in [5, 5.41) is 7.01. The Kier molecular flexibility index (Phi) is 10.2. The summed E-state index contributed by atoms with van der Waals surface area (Å²) in [4.78, 5) is 62.1. The topological polar surface area (TPSA) is 173 Å². The molecule has 0 bridgehead atoms. The number of sulfonamides is 1. The fraction of sp³-hybridized carbons (Fsp3) is 0.615. The number of rotatable bonds is 6. The van der Waals surface area contributed by atoms with Crippen LogP contribution in [0.15, 0.2) is 36.4 Å². The second kappa shape index (κ2) is 14.6. The zero-order valence-corrected chi connectivity index (χ0v) is 31.6. The maximum absolute atomic E-state index is 14.5. The third-order valence-electron chi connectivity index (χ3n) is 11.0. The molecule has 0 radical (unpaired) electrons. The molecule has 4 amide bonds. The molecule has 53 heavy (non-hydrogen) atoms. The van der Waals surface area contributed by atoms with Crippen LogP contribution in [0.25, 0.3) is 10.8 Å². The summed E-state index contributed by atoms with van der Waals surface area (Å²) in [7, 11) is -3.88. The van der Waals surface area contributed by atoms with Crippen LogP contribution in [0.5, 0.6) is 5.88 Å². The second-order valence-electron chi connectivity index (χ2n) is 16.3. The zero-order chi connectivity index (χ0) is 37.5. The van der Waals surface area contributed by atoms with Crippen LogP contribution in [0.4, 0.5) is 4.79 Å². The first-order valence-corrected chi connectivity index (χ1v) is 20.7. The fourth-order valence-electron chi connectivity index (χ4n) is 7.96. The molecule has 2 saturated carbocycles. The Morgan fingerprint density at radius 3 is 2.51 bits per heavy atom. The van der Waals surface area contributed by atoms with E-state index in [4.69, 9.17) is 14.5 Å². The highest BCUT2D eigenvalue weighted by Crippen LogP contribution is 2.46. The van der Waals surface area contributed by atoms with Gasteiger partial charge in [0.25, 0.3) is 5.91 Å². The predicted octanol–water partition coefficient (Wildman–Crippen LogP) is 4.36. The minimum absolute atomic E-state index is 0.0368. The average Bonchev–Trinajstić information content (AvgIpc) is 4.03. The quantitative estimate of drug-likeness (QED) is 0.363. The third-order valence-corrected chi connectivity index (χ3v) is 12.8.